The van der Waals surface area contributed by atoms with Crippen LogP contribution in [0.25, 0.3) is 95.7 Å². The minimum absolute atomic E-state index is 0.0698. The van der Waals surface area contributed by atoms with Gasteiger partial charge >= 0.3 is 0 Å². The van der Waals surface area contributed by atoms with Crippen LogP contribution in [-0.2, 0) is 0 Å². The molecule has 0 saturated carbocycles. The number of piperazine rings is 3. The van der Waals surface area contributed by atoms with Crippen molar-refractivity contribution in [1.82, 2.24) is 90.7 Å². The summed E-state index contributed by atoms with van der Waals surface area (Å²) >= 11 is 19.3. The zero-order chi connectivity index (χ0) is 85.2. The number of aryl methyl sites for hydroxylation is 4. The minimum Gasteiger partial charge on any atom is -0.441 e. The highest BCUT2D eigenvalue weighted by Gasteiger charge is 2.30. The predicted octanol–water partition coefficient (Wildman–Crippen LogP) is 14.6. The third-order valence-corrected chi connectivity index (χ3v) is 24.8. The Labute approximate surface area is 719 Å². The standard InChI is InChI=1S/2C24H27ClN6O.C23H25ClN6O.C21H20N4O2/c2*1-15(2)30-8-7-28(12-17(30)4)19-5-6-22-27-21(10-23(32)31(22)14-19)18-9-20(25)24-26-16(3)11-29(24)13-18;1-4-27-7-8-28(12-16(27)3)18-5-6-21-26-20(10-22(31)30(21)14-18)17-9-19(24)23-25-15(2)11-29(23)13-17;1-13-23-17-4-2-15(10-19(17)27-13)18-11-21(26)25-12-16(3-5-20(25)24-18)14-6-8-22-9-7-14/h2*5-6,9-11,13-15,17H,7-8,12H2,1-4H3;5-6,9-11,13-14,16H,4,7-8,12H2,1-3H3;2-5,10-12,14,22H,6-9H2,1H3/t2*17-;16-;/m100./s1. The van der Waals surface area contributed by atoms with E-state index < -0.39 is 0 Å². The number of rotatable bonds is 11. The molecule has 20 rings (SSSR count). The summed E-state index contributed by atoms with van der Waals surface area (Å²) in [5, 5.41) is 4.97. The number of benzene rings is 1. The zero-order valence-electron chi connectivity index (χ0n) is 70.6. The summed E-state index contributed by atoms with van der Waals surface area (Å²) in [6.45, 7) is 37.3. The first-order chi connectivity index (χ1) is 58.7. The first-order valence-corrected chi connectivity index (χ1v) is 43.0. The number of aromatic nitrogens is 15. The molecule has 0 aliphatic carbocycles. The largest absolute Gasteiger partial charge is 0.441 e. The van der Waals surface area contributed by atoms with E-state index in [-0.39, 0.29) is 22.2 Å². The highest BCUT2D eigenvalue weighted by molar-refractivity contribution is 6.34. The molecule has 4 aliphatic rings. The number of likely N-dealkylation sites (N-methyl/N-ethyl adjacent to an activating group) is 1. The van der Waals surface area contributed by atoms with Crippen molar-refractivity contribution in [2.45, 2.75) is 132 Å². The molecule has 3 atom stereocenters. The number of hydrogen-bond acceptors (Lipinski definition) is 20. The van der Waals surface area contributed by atoms with E-state index in [0.29, 0.717) is 125 Å². The van der Waals surface area contributed by atoms with Gasteiger partial charge in [-0.1, -0.05) is 53.9 Å². The van der Waals surface area contributed by atoms with Gasteiger partial charge in [-0.05, 0) is 186 Å². The molecule has 0 bridgehead atoms. The molecule has 27 nitrogen and oxygen atoms in total. The summed E-state index contributed by atoms with van der Waals surface area (Å²) in [7, 11) is 0. The molecule has 4 aliphatic heterocycles. The number of halogens is 3. The van der Waals surface area contributed by atoms with Gasteiger partial charge in [0, 0.05) is 205 Å². The molecule has 122 heavy (non-hydrogen) atoms. The van der Waals surface area contributed by atoms with Crippen LogP contribution in [0, 0.1) is 27.7 Å². The van der Waals surface area contributed by atoms with Gasteiger partial charge in [0.15, 0.2) is 28.4 Å². The van der Waals surface area contributed by atoms with Crippen LogP contribution in [0.3, 0.4) is 0 Å². The van der Waals surface area contributed by atoms with E-state index in [9.17, 15) is 19.2 Å². The van der Waals surface area contributed by atoms with Crippen LogP contribution < -0.4 is 42.3 Å². The van der Waals surface area contributed by atoms with Crippen molar-refractivity contribution in [3.05, 3.63) is 256 Å². The Kier molecular flexibility index (Phi) is 23.2. The van der Waals surface area contributed by atoms with Gasteiger partial charge < -0.3 is 37.6 Å². The molecule has 0 radical (unpaired) electrons. The summed E-state index contributed by atoms with van der Waals surface area (Å²) in [6, 6.07) is 35.9. The monoisotopic (exact) mass is 1700 g/mol. The summed E-state index contributed by atoms with van der Waals surface area (Å²) in [5.41, 5.74) is 18.3. The number of hydrogen-bond donors (Lipinski definition) is 1. The number of nitrogens with zero attached hydrogens (tertiary/aromatic N) is 21. The predicted molar refractivity (Wildman–Crippen MR) is 486 cm³/mol. The number of imidazole rings is 3. The number of piperidine rings is 1. The second kappa shape index (κ2) is 34.3. The smallest absolute Gasteiger partial charge is 0.258 e. The van der Waals surface area contributed by atoms with Crippen LogP contribution >= 0.6 is 34.8 Å². The average molecular weight is 1700 g/mol. The van der Waals surface area contributed by atoms with E-state index in [1.165, 1.54) is 5.56 Å². The summed E-state index contributed by atoms with van der Waals surface area (Å²) < 4.78 is 17.7. The lowest BCUT2D eigenvalue weighted by Gasteiger charge is -2.43. The van der Waals surface area contributed by atoms with Gasteiger partial charge in [0.2, 0.25) is 0 Å². The van der Waals surface area contributed by atoms with E-state index in [1.807, 2.05) is 164 Å². The lowest BCUT2D eigenvalue weighted by molar-refractivity contribution is 0.148. The number of oxazole rings is 1. The van der Waals surface area contributed by atoms with Crippen molar-refractivity contribution in [1.29, 1.82) is 0 Å². The zero-order valence-corrected chi connectivity index (χ0v) is 72.9. The van der Waals surface area contributed by atoms with Crippen LogP contribution in [0.2, 0.25) is 15.1 Å². The maximum atomic E-state index is 13.0. The quantitative estimate of drug-likeness (QED) is 0.126. The van der Waals surface area contributed by atoms with E-state index in [1.54, 1.807) is 41.9 Å². The lowest BCUT2D eigenvalue weighted by atomic mass is 9.91. The molecule has 4 saturated heterocycles. The SMILES string of the molecule is CCN1CCN(c2ccc3nc(-c4cc(Cl)c5nc(C)cn5c4)cc(=O)n3c2)C[C@@H]1C.Cc1cn2cc(-c3cc(=O)n4cc(N5CCN(C(C)C)[C@@H](C)C5)ccc4n3)cc(Cl)c2n1.Cc1cn2cc(-c3cc(=O)n4cc(N5CCN(C(C)C)[C@H](C)C5)ccc4n3)cc(Cl)c2n1.Cc1nc2ccc(-c3cc(=O)n4cc(C5CCNCC5)ccc4n3)cc2o1. The number of pyridine rings is 7. The van der Waals surface area contributed by atoms with Crippen molar-refractivity contribution >= 4 is 102 Å². The molecule has 16 aromatic rings. The van der Waals surface area contributed by atoms with Gasteiger partial charge in [0.05, 0.1) is 72.0 Å². The maximum Gasteiger partial charge on any atom is 0.258 e. The fraction of sp³-hybridized carbons (Fsp3) is 0.348. The topological polar surface area (TPSA) is 247 Å². The fourth-order valence-electron chi connectivity index (χ4n) is 17.7. The summed E-state index contributed by atoms with van der Waals surface area (Å²) in [6.07, 6.45) is 21.3. The molecule has 0 spiro atoms. The van der Waals surface area contributed by atoms with Crippen molar-refractivity contribution < 1.29 is 4.42 Å². The Morgan fingerprint density at radius 1 is 0.410 bits per heavy atom. The normalized spacial score (nSPS) is 17.2. The molecule has 19 heterocycles. The Hall–Kier alpha value is -11.7. The van der Waals surface area contributed by atoms with Gasteiger partial charge in [0.25, 0.3) is 22.2 Å². The van der Waals surface area contributed by atoms with E-state index in [0.717, 1.165) is 153 Å². The Bertz CT molecular complexity index is 6730. The molecular weight excluding hydrogens is 1600 g/mol. The van der Waals surface area contributed by atoms with Crippen molar-refractivity contribution in [3.63, 3.8) is 0 Å². The van der Waals surface area contributed by atoms with Crippen molar-refractivity contribution in [2.75, 3.05) is 93.2 Å². The van der Waals surface area contributed by atoms with E-state index >= 15 is 0 Å². The second-order valence-corrected chi connectivity index (χ2v) is 34.4. The molecule has 0 amide bonds. The van der Waals surface area contributed by atoms with Crippen LogP contribution in [0.1, 0.15) is 103 Å². The molecule has 0 unspecified atom stereocenters. The fourth-order valence-corrected chi connectivity index (χ4v) is 18.5. The average Bonchev–Trinajstić information content (AvgIpc) is 1.34. The number of anilines is 3. The van der Waals surface area contributed by atoms with Crippen molar-refractivity contribution in [2.24, 2.45) is 0 Å². The van der Waals surface area contributed by atoms with E-state index in [2.05, 4.69) is 134 Å². The van der Waals surface area contributed by atoms with Gasteiger partial charge in [-0.15, -0.1) is 0 Å². The summed E-state index contributed by atoms with van der Waals surface area (Å²) in [4.78, 5) is 103. The molecule has 30 heteroatoms. The van der Waals surface area contributed by atoms with Gasteiger partial charge in [-0.25, -0.2) is 39.9 Å². The second-order valence-electron chi connectivity index (χ2n) is 33.1. The summed E-state index contributed by atoms with van der Waals surface area (Å²) in [5.74, 6) is 1.12. The van der Waals surface area contributed by atoms with Gasteiger partial charge in [-0.2, -0.15) is 0 Å². The first kappa shape index (κ1) is 82.6. The lowest BCUT2D eigenvalue weighted by Crippen LogP contribution is -2.54. The minimum atomic E-state index is -0.112. The molecule has 1 aromatic carbocycles. The molecule has 15 aromatic heterocycles. The van der Waals surface area contributed by atoms with Crippen LogP contribution in [0.5, 0.6) is 0 Å². The third kappa shape index (κ3) is 17.1. The highest BCUT2D eigenvalue weighted by Crippen LogP contribution is 2.33. The maximum absolute atomic E-state index is 13.0. The first-order valence-electron chi connectivity index (χ1n) is 41.9. The Balaban J connectivity index is 0.000000116. The Morgan fingerprint density at radius 3 is 1.17 bits per heavy atom. The number of fused-ring (bicyclic) bond motifs is 8. The molecule has 4 fully saturated rings. The molecule has 1 N–H and O–H groups in total. The van der Waals surface area contributed by atoms with Crippen LogP contribution in [0.15, 0.2) is 195 Å². The van der Waals surface area contributed by atoms with Crippen LogP contribution in [-0.4, -0.2) is 194 Å². The Morgan fingerprint density at radius 2 is 0.787 bits per heavy atom. The third-order valence-electron chi connectivity index (χ3n) is 23.9. The van der Waals surface area contributed by atoms with Crippen LogP contribution in [0.4, 0.5) is 17.1 Å². The molecule has 628 valence electrons. The number of nitrogens with one attached hydrogen (secondary N) is 1. The van der Waals surface area contributed by atoms with Crippen molar-refractivity contribution in [3.8, 4) is 45.0 Å². The highest BCUT2D eigenvalue weighted by atomic mass is 35.5. The van der Waals surface area contributed by atoms with E-state index in [4.69, 9.17) is 59.2 Å². The molecular formula is C92H99Cl3N22O5. The van der Waals surface area contributed by atoms with Gasteiger partial charge in [-0.3, -0.25) is 51.5 Å². The van der Waals surface area contributed by atoms with Gasteiger partial charge in [0.1, 0.15) is 28.1 Å².